The molecule has 1 aliphatic rings. The van der Waals surface area contributed by atoms with Crippen LogP contribution in [0.5, 0.6) is 5.75 Å². The lowest BCUT2D eigenvalue weighted by atomic mass is 10.3. The zero-order chi connectivity index (χ0) is 16.5. The third-order valence-corrected chi connectivity index (χ3v) is 4.19. The molecule has 0 aliphatic carbocycles. The molecule has 0 saturated carbocycles. The van der Waals surface area contributed by atoms with Crippen molar-refractivity contribution in [3.63, 3.8) is 0 Å². The molecule has 0 atom stereocenters. The average Bonchev–Trinajstić information content (AvgIpc) is 2.54. The molecule has 5 nitrogen and oxygen atoms in total. The Hall–Kier alpha value is -0.720. The molecule has 8 heteroatoms. The predicted octanol–water partition coefficient (Wildman–Crippen LogP) is 2.60. The Balaban J connectivity index is 0.00000288. The zero-order valence-electron chi connectivity index (χ0n) is 13.5. The SMILES string of the molecule is Cl.O=C(CCCOc1ccc(Cl)cc1Cl)NCCN1CCNCC1. The van der Waals surface area contributed by atoms with Gasteiger partial charge in [0.1, 0.15) is 5.75 Å². The van der Waals surface area contributed by atoms with Crippen LogP contribution in [0.3, 0.4) is 0 Å². The summed E-state index contributed by atoms with van der Waals surface area (Å²) in [4.78, 5) is 14.1. The summed E-state index contributed by atoms with van der Waals surface area (Å²) in [5.74, 6) is 0.654. The summed E-state index contributed by atoms with van der Waals surface area (Å²) in [6.07, 6.45) is 1.10. The number of nitrogens with one attached hydrogen (secondary N) is 2. The molecule has 0 bridgehead atoms. The molecule has 2 rings (SSSR count). The third-order valence-electron chi connectivity index (χ3n) is 3.66. The number of halogens is 3. The maximum Gasteiger partial charge on any atom is 0.220 e. The summed E-state index contributed by atoms with van der Waals surface area (Å²) in [5.41, 5.74) is 0. The van der Waals surface area contributed by atoms with Crippen molar-refractivity contribution in [2.75, 3.05) is 45.9 Å². The summed E-state index contributed by atoms with van der Waals surface area (Å²) < 4.78 is 5.56. The first-order valence-electron chi connectivity index (χ1n) is 7.93. The van der Waals surface area contributed by atoms with E-state index in [0.29, 0.717) is 41.8 Å². The Morgan fingerprint density at radius 3 is 2.75 bits per heavy atom. The summed E-state index contributed by atoms with van der Waals surface area (Å²) in [5, 5.41) is 7.32. The van der Waals surface area contributed by atoms with E-state index in [0.717, 1.165) is 32.7 Å². The minimum atomic E-state index is 0. The van der Waals surface area contributed by atoms with E-state index in [1.165, 1.54) is 0 Å². The van der Waals surface area contributed by atoms with Crippen LogP contribution in [0.2, 0.25) is 10.0 Å². The van der Waals surface area contributed by atoms with Crippen LogP contribution in [0.1, 0.15) is 12.8 Å². The lowest BCUT2D eigenvalue weighted by molar-refractivity contribution is -0.121. The quantitative estimate of drug-likeness (QED) is 0.663. The van der Waals surface area contributed by atoms with Crippen LogP contribution in [0.4, 0.5) is 0 Å². The van der Waals surface area contributed by atoms with Gasteiger partial charge in [0.2, 0.25) is 5.91 Å². The maximum absolute atomic E-state index is 11.8. The summed E-state index contributed by atoms with van der Waals surface area (Å²) >= 11 is 11.8. The number of nitrogens with zero attached hydrogens (tertiary/aromatic N) is 1. The van der Waals surface area contributed by atoms with Gasteiger partial charge in [-0.1, -0.05) is 23.2 Å². The fourth-order valence-electron chi connectivity index (χ4n) is 2.38. The molecule has 0 spiro atoms. The number of carbonyl (C=O) groups excluding carboxylic acids is 1. The number of carbonyl (C=O) groups is 1. The van der Waals surface area contributed by atoms with E-state index in [4.69, 9.17) is 27.9 Å². The highest BCUT2D eigenvalue weighted by Crippen LogP contribution is 2.27. The second kappa shape index (κ2) is 11.8. The van der Waals surface area contributed by atoms with Crippen molar-refractivity contribution in [3.05, 3.63) is 28.2 Å². The van der Waals surface area contributed by atoms with E-state index in [2.05, 4.69) is 15.5 Å². The van der Waals surface area contributed by atoms with E-state index in [1.54, 1.807) is 18.2 Å². The molecule has 1 amide bonds. The van der Waals surface area contributed by atoms with Crippen LogP contribution in [0.25, 0.3) is 0 Å². The molecule has 1 fully saturated rings. The number of benzene rings is 1. The van der Waals surface area contributed by atoms with Crippen molar-refractivity contribution >= 4 is 41.5 Å². The number of ether oxygens (including phenoxy) is 1. The first-order chi connectivity index (χ1) is 11.1. The molecule has 0 radical (unpaired) electrons. The molecule has 136 valence electrons. The van der Waals surface area contributed by atoms with E-state index >= 15 is 0 Å². The van der Waals surface area contributed by atoms with Crippen molar-refractivity contribution < 1.29 is 9.53 Å². The van der Waals surface area contributed by atoms with E-state index < -0.39 is 0 Å². The van der Waals surface area contributed by atoms with Crippen molar-refractivity contribution in [2.45, 2.75) is 12.8 Å². The van der Waals surface area contributed by atoms with Crippen LogP contribution < -0.4 is 15.4 Å². The van der Waals surface area contributed by atoms with E-state index in [-0.39, 0.29) is 18.3 Å². The van der Waals surface area contributed by atoms with Crippen LogP contribution in [0.15, 0.2) is 18.2 Å². The third kappa shape index (κ3) is 7.90. The van der Waals surface area contributed by atoms with Gasteiger partial charge in [-0.05, 0) is 24.6 Å². The van der Waals surface area contributed by atoms with Crippen molar-refractivity contribution in [1.29, 1.82) is 0 Å². The van der Waals surface area contributed by atoms with Crippen molar-refractivity contribution in [2.24, 2.45) is 0 Å². The van der Waals surface area contributed by atoms with Crippen LogP contribution >= 0.6 is 35.6 Å². The minimum Gasteiger partial charge on any atom is -0.492 e. The van der Waals surface area contributed by atoms with Gasteiger partial charge in [-0.25, -0.2) is 0 Å². The van der Waals surface area contributed by atoms with E-state index in [9.17, 15) is 4.79 Å². The standard InChI is InChI=1S/C16H23Cl2N3O2.ClH/c17-13-3-4-15(14(18)12-13)23-11-1-2-16(22)20-7-10-21-8-5-19-6-9-21;/h3-4,12,19H,1-2,5-11H2,(H,20,22);1H. The topological polar surface area (TPSA) is 53.6 Å². The van der Waals surface area contributed by atoms with Crippen molar-refractivity contribution in [3.8, 4) is 5.75 Å². The molecular weight excluding hydrogens is 373 g/mol. The molecular formula is C16H24Cl3N3O2. The van der Waals surface area contributed by atoms with Crippen LogP contribution in [-0.2, 0) is 4.79 Å². The van der Waals surface area contributed by atoms with Gasteiger partial charge in [0.25, 0.3) is 0 Å². The van der Waals surface area contributed by atoms with Gasteiger partial charge in [0.15, 0.2) is 0 Å². The van der Waals surface area contributed by atoms with Gasteiger partial charge < -0.3 is 15.4 Å². The minimum absolute atomic E-state index is 0. The highest BCUT2D eigenvalue weighted by molar-refractivity contribution is 6.35. The lowest BCUT2D eigenvalue weighted by Gasteiger charge is -2.27. The van der Waals surface area contributed by atoms with Gasteiger partial charge >= 0.3 is 0 Å². The summed E-state index contributed by atoms with van der Waals surface area (Å²) in [7, 11) is 0. The molecule has 1 aromatic rings. The lowest BCUT2D eigenvalue weighted by Crippen LogP contribution is -2.46. The molecule has 1 aliphatic heterocycles. The number of amides is 1. The molecule has 0 unspecified atom stereocenters. The largest absolute Gasteiger partial charge is 0.492 e. The highest BCUT2D eigenvalue weighted by Gasteiger charge is 2.09. The second-order valence-electron chi connectivity index (χ2n) is 5.47. The number of rotatable bonds is 8. The Morgan fingerprint density at radius 2 is 2.04 bits per heavy atom. The summed E-state index contributed by atoms with van der Waals surface area (Å²) in [6, 6.07) is 5.10. The Bertz CT molecular complexity index is 511. The zero-order valence-corrected chi connectivity index (χ0v) is 15.9. The fraction of sp³-hybridized carbons (Fsp3) is 0.562. The molecule has 1 aromatic carbocycles. The monoisotopic (exact) mass is 395 g/mol. The van der Waals surface area contributed by atoms with Gasteiger partial charge in [-0.15, -0.1) is 12.4 Å². The first-order valence-corrected chi connectivity index (χ1v) is 8.68. The van der Waals surface area contributed by atoms with E-state index in [1.807, 2.05) is 0 Å². The smallest absolute Gasteiger partial charge is 0.220 e. The van der Waals surface area contributed by atoms with Gasteiger partial charge in [0.05, 0.1) is 11.6 Å². The highest BCUT2D eigenvalue weighted by atomic mass is 35.5. The number of hydrogen-bond donors (Lipinski definition) is 2. The summed E-state index contributed by atoms with van der Waals surface area (Å²) in [6.45, 7) is 6.20. The molecule has 24 heavy (non-hydrogen) atoms. The van der Waals surface area contributed by atoms with Gasteiger partial charge in [-0.2, -0.15) is 0 Å². The predicted molar refractivity (Wildman–Crippen MR) is 101 cm³/mol. The van der Waals surface area contributed by atoms with Gasteiger partial charge in [0, 0.05) is 50.7 Å². The first kappa shape index (κ1) is 21.3. The number of piperazine rings is 1. The molecule has 0 aromatic heterocycles. The Morgan fingerprint density at radius 1 is 1.29 bits per heavy atom. The Kier molecular flexibility index (Phi) is 10.5. The maximum atomic E-state index is 11.8. The number of hydrogen-bond acceptors (Lipinski definition) is 4. The molecule has 1 heterocycles. The Labute approximate surface area is 159 Å². The van der Waals surface area contributed by atoms with Crippen LogP contribution in [0, 0.1) is 0 Å². The van der Waals surface area contributed by atoms with Crippen molar-refractivity contribution in [1.82, 2.24) is 15.5 Å². The molecule has 2 N–H and O–H groups in total. The normalized spacial score (nSPS) is 14.8. The second-order valence-corrected chi connectivity index (χ2v) is 6.31. The average molecular weight is 397 g/mol. The van der Waals surface area contributed by atoms with Crippen LogP contribution in [-0.4, -0.2) is 56.7 Å². The van der Waals surface area contributed by atoms with Gasteiger partial charge in [-0.3, -0.25) is 9.69 Å². The molecule has 1 saturated heterocycles. The fourth-order valence-corrected chi connectivity index (χ4v) is 2.85.